The zero-order valence-electron chi connectivity index (χ0n) is 41.8. The first-order valence-electron chi connectivity index (χ1n) is 27.1. The highest BCUT2D eigenvalue weighted by molar-refractivity contribution is 5.71. The molecule has 0 aromatic rings. The Bertz CT molecular complexity index is 1110. The normalized spacial score (nSPS) is 12.4. The molecule has 0 unspecified atom stereocenters. The molecular weight excluding hydrogens is 781 g/mol. The van der Waals surface area contributed by atoms with E-state index in [1.165, 1.54) is 161 Å². The monoisotopic (exact) mass is 883 g/mol. The number of rotatable bonds is 49. The van der Waals surface area contributed by atoms with Crippen LogP contribution in [-0.2, 0) is 28.6 Å². The number of carbonyl (C=O) groups is 3. The maximum absolute atomic E-state index is 12.8. The maximum Gasteiger partial charge on any atom is 0.306 e. The Morgan fingerprint density at radius 3 is 0.968 bits per heavy atom. The number of carbonyl (C=O) groups excluding carboxylic acids is 3. The lowest BCUT2D eigenvalue weighted by Crippen LogP contribution is -2.30. The van der Waals surface area contributed by atoms with Gasteiger partial charge in [0, 0.05) is 19.3 Å². The molecule has 0 aliphatic rings. The van der Waals surface area contributed by atoms with Crippen LogP contribution < -0.4 is 0 Å². The van der Waals surface area contributed by atoms with Gasteiger partial charge in [-0.05, 0) is 83.5 Å². The maximum atomic E-state index is 12.8. The van der Waals surface area contributed by atoms with Crippen molar-refractivity contribution < 1.29 is 28.6 Å². The van der Waals surface area contributed by atoms with Gasteiger partial charge in [-0.2, -0.15) is 0 Å². The molecule has 1 atom stereocenters. The van der Waals surface area contributed by atoms with E-state index in [2.05, 4.69) is 69.4 Å². The molecule has 6 nitrogen and oxygen atoms in total. The predicted octanol–water partition coefficient (Wildman–Crippen LogP) is 17.9. The Balaban J connectivity index is 4.43. The fraction of sp³-hybridized carbons (Fsp3) is 0.807. The fourth-order valence-corrected chi connectivity index (χ4v) is 7.68. The van der Waals surface area contributed by atoms with Crippen molar-refractivity contribution in [1.29, 1.82) is 0 Å². The lowest BCUT2D eigenvalue weighted by atomic mass is 10.0. The molecule has 0 bridgehead atoms. The van der Waals surface area contributed by atoms with Gasteiger partial charge in [-0.25, -0.2) is 0 Å². The highest BCUT2D eigenvalue weighted by Crippen LogP contribution is 2.15. The third-order valence-corrected chi connectivity index (χ3v) is 11.8. The highest BCUT2D eigenvalue weighted by Gasteiger charge is 2.19. The smallest absolute Gasteiger partial charge is 0.306 e. The number of esters is 3. The van der Waals surface area contributed by atoms with Gasteiger partial charge >= 0.3 is 17.9 Å². The third-order valence-electron chi connectivity index (χ3n) is 11.8. The lowest BCUT2D eigenvalue weighted by Gasteiger charge is -2.18. The van der Waals surface area contributed by atoms with Crippen molar-refractivity contribution >= 4 is 17.9 Å². The quantitative estimate of drug-likeness (QED) is 0.0262. The van der Waals surface area contributed by atoms with Crippen LogP contribution in [0, 0.1) is 0 Å². The summed E-state index contributed by atoms with van der Waals surface area (Å²) in [5.74, 6) is -0.923. The number of ether oxygens (including phenoxy) is 3. The first-order chi connectivity index (χ1) is 31.0. The average molecular weight is 883 g/mol. The van der Waals surface area contributed by atoms with Gasteiger partial charge in [-0.1, -0.05) is 223 Å². The summed E-state index contributed by atoms with van der Waals surface area (Å²) in [4.78, 5) is 38.0. The summed E-state index contributed by atoms with van der Waals surface area (Å²) in [6.45, 7) is 6.59. The molecule has 366 valence electrons. The van der Waals surface area contributed by atoms with Crippen LogP contribution in [0.25, 0.3) is 0 Å². The van der Waals surface area contributed by atoms with E-state index in [1.54, 1.807) is 0 Å². The van der Waals surface area contributed by atoms with E-state index in [0.29, 0.717) is 19.3 Å². The fourth-order valence-electron chi connectivity index (χ4n) is 7.68. The molecule has 0 heterocycles. The molecule has 0 aromatic carbocycles. The Labute approximate surface area is 390 Å². The van der Waals surface area contributed by atoms with Crippen LogP contribution in [0.1, 0.15) is 278 Å². The number of hydrogen-bond acceptors (Lipinski definition) is 6. The number of allylic oxidation sites excluding steroid dienone is 8. The van der Waals surface area contributed by atoms with Gasteiger partial charge in [-0.15, -0.1) is 0 Å². The summed E-state index contributed by atoms with van der Waals surface area (Å²) in [5.41, 5.74) is 0. The van der Waals surface area contributed by atoms with Crippen molar-refractivity contribution in [3.8, 4) is 0 Å². The van der Waals surface area contributed by atoms with E-state index < -0.39 is 6.10 Å². The van der Waals surface area contributed by atoms with Gasteiger partial charge in [0.15, 0.2) is 6.10 Å². The average Bonchev–Trinajstić information content (AvgIpc) is 3.28. The second-order valence-corrected chi connectivity index (χ2v) is 18.1. The molecule has 63 heavy (non-hydrogen) atoms. The van der Waals surface area contributed by atoms with E-state index >= 15 is 0 Å². The summed E-state index contributed by atoms with van der Waals surface area (Å²) >= 11 is 0. The molecule has 6 heteroatoms. The zero-order chi connectivity index (χ0) is 45.8. The molecule has 0 rings (SSSR count). The van der Waals surface area contributed by atoms with Crippen LogP contribution in [0.5, 0.6) is 0 Å². The van der Waals surface area contributed by atoms with E-state index in [-0.39, 0.29) is 31.1 Å². The summed E-state index contributed by atoms with van der Waals surface area (Å²) in [7, 11) is 0. The second kappa shape index (κ2) is 52.0. The summed E-state index contributed by atoms with van der Waals surface area (Å²) in [5, 5.41) is 0. The molecule has 0 fully saturated rings. The van der Waals surface area contributed by atoms with Crippen molar-refractivity contribution in [1.82, 2.24) is 0 Å². The first-order valence-corrected chi connectivity index (χ1v) is 27.1. The van der Waals surface area contributed by atoms with Gasteiger partial charge in [0.2, 0.25) is 0 Å². The van der Waals surface area contributed by atoms with Gasteiger partial charge in [0.25, 0.3) is 0 Å². The number of unbranched alkanes of at least 4 members (excludes halogenated alkanes) is 30. The molecular formula is C57H102O6. The predicted molar refractivity (Wildman–Crippen MR) is 270 cm³/mol. The van der Waals surface area contributed by atoms with Gasteiger partial charge in [-0.3, -0.25) is 14.4 Å². The van der Waals surface area contributed by atoms with Gasteiger partial charge in [0.05, 0.1) is 0 Å². The van der Waals surface area contributed by atoms with Crippen molar-refractivity contribution in [2.45, 2.75) is 284 Å². The van der Waals surface area contributed by atoms with Crippen molar-refractivity contribution in [3.63, 3.8) is 0 Å². The van der Waals surface area contributed by atoms with E-state index in [4.69, 9.17) is 14.2 Å². The molecule has 0 amide bonds. The minimum atomic E-state index is -0.789. The van der Waals surface area contributed by atoms with Crippen LogP contribution in [0.4, 0.5) is 0 Å². The minimum Gasteiger partial charge on any atom is -0.462 e. The second-order valence-electron chi connectivity index (χ2n) is 18.1. The van der Waals surface area contributed by atoms with Crippen molar-refractivity contribution in [2.24, 2.45) is 0 Å². The van der Waals surface area contributed by atoms with Gasteiger partial charge < -0.3 is 14.2 Å². The molecule has 0 aliphatic heterocycles. The lowest BCUT2D eigenvalue weighted by molar-refractivity contribution is -0.167. The minimum absolute atomic E-state index is 0.0870. The summed E-state index contributed by atoms with van der Waals surface area (Å²) < 4.78 is 16.8. The molecule has 0 saturated heterocycles. The Hall–Kier alpha value is -2.63. The van der Waals surface area contributed by atoms with E-state index in [0.717, 1.165) is 77.0 Å². The standard InChI is InChI=1S/C57H102O6/c1-4-7-10-13-16-19-22-25-28-31-34-37-40-43-46-49-55(58)61-52-54(63-57(60)51-48-45-42-39-36-33-30-27-24-21-18-15-12-9-6-3)53-62-56(59)50-47-44-41-38-35-32-29-26-23-20-17-14-11-8-5-2/h16,19,25-26,28-29,34,37,54H,4-15,17-18,20-24,27,30-33,35-36,38-53H2,1-3H3/b19-16-,28-25-,29-26-,37-34-/t54-/m1/s1. The molecule has 0 spiro atoms. The van der Waals surface area contributed by atoms with E-state index in [1.807, 2.05) is 0 Å². The molecule has 0 saturated carbocycles. The zero-order valence-corrected chi connectivity index (χ0v) is 41.8. The number of hydrogen-bond donors (Lipinski definition) is 0. The van der Waals surface area contributed by atoms with Crippen LogP contribution >= 0.6 is 0 Å². The van der Waals surface area contributed by atoms with Crippen molar-refractivity contribution in [2.75, 3.05) is 13.2 Å². The third kappa shape index (κ3) is 50.2. The van der Waals surface area contributed by atoms with Gasteiger partial charge in [0.1, 0.15) is 13.2 Å². The van der Waals surface area contributed by atoms with Crippen molar-refractivity contribution in [3.05, 3.63) is 48.6 Å². The summed E-state index contributed by atoms with van der Waals surface area (Å²) in [6, 6.07) is 0. The van der Waals surface area contributed by atoms with Crippen LogP contribution in [0.2, 0.25) is 0 Å². The Morgan fingerprint density at radius 2 is 0.571 bits per heavy atom. The Morgan fingerprint density at radius 1 is 0.317 bits per heavy atom. The highest BCUT2D eigenvalue weighted by atomic mass is 16.6. The van der Waals surface area contributed by atoms with Crippen LogP contribution in [-0.4, -0.2) is 37.2 Å². The molecule has 0 radical (unpaired) electrons. The SMILES string of the molecule is CCCCC/C=C\C/C=C\C/C=C\CCCCC(=O)OC[C@H](COC(=O)CCCCCCC/C=C\CCCCCCCC)OC(=O)CCCCCCCCCCCCCCCCC. The van der Waals surface area contributed by atoms with Crippen LogP contribution in [0.3, 0.4) is 0 Å². The molecule has 0 aliphatic carbocycles. The summed E-state index contributed by atoms with van der Waals surface area (Å²) in [6.07, 6.45) is 62.4. The van der Waals surface area contributed by atoms with E-state index in [9.17, 15) is 14.4 Å². The van der Waals surface area contributed by atoms with Crippen LogP contribution in [0.15, 0.2) is 48.6 Å². The molecule has 0 N–H and O–H groups in total. The first kappa shape index (κ1) is 60.4. The Kier molecular flexibility index (Phi) is 49.8. The topological polar surface area (TPSA) is 78.9 Å². The largest absolute Gasteiger partial charge is 0.462 e. The molecule has 0 aromatic heterocycles.